The van der Waals surface area contributed by atoms with Crippen molar-refractivity contribution >= 4 is 26.3 Å². The van der Waals surface area contributed by atoms with Crippen LogP contribution in [0.3, 0.4) is 0 Å². The molecule has 0 radical (unpaired) electrons. The number of halogens is 1. The van der Waals surface area contributed by atoms with Crippen LogP contribution in [0, 0.1) is 5.82 Å². The zero-order valence-electron chi connectivity index (χ0n) is 18.5. The molecule has 4 aromatic rings. The maximum atomic E-state index is 14.5. The molecule has 2 aromatic heterocycles. The van der Waals surface area contributed by atoms with Crippen molar-refractivity contribution in [3.63, 3.8) is 0 Å². The first-order chi connectivity index (χ1) is 16.5. The van der Waals surface area contributed by atoms with Crippen LogP contribution >= 0.6 is 0 Å². The van der Waals surface area contributed by atoms with Crippen molar-refractivity contribution in [2.24, 2.45) is 4.36 Å². The molecule has 0 unspecified atom stereocenters. The van der Waals surface area contributed by atoms with Gasteiger partial charge in [-0.1, -0.05) is 17.3 Å². The summed E-state index contributed by atoms with van der Waals surface area (Å²) < 4.78 is 47.7. The number of aromatic amines is 1. The highest BCUT2D eigenvalue weighted by molar-refractivity contribution is 7.93. The summed E-state index contributed by atoms with van der Waals surface area (Å²) in [7, 11) is -0.657. The Bertz CT molecular complexity index is 1410. The zero-order chi connectivity index (χ0) is 23.5. The minimum absolute atomic E-state index is 0.120. The lowest BCUT2D eigenvalue weighted by Crippen LogP contribution is -2.35. The van der Waals surface area contributed by atoms with Crippen LogP contribution < -0.4 is 10.1 Å². The smallest absolute Gasteiger partial charge is 0.188 e. The van der Waals surface area contributed by atoms with Gasteiger partial charge in [0.15, 0.2) is 17.3 Å². The highest BCUT2D eigenvalue weighted by Gasteiger charge is 2.18. The molecular weight excluding hydrogens is 461 g/mol. The molecule has 2 N–H and O–H groups in total. The number of rotatable bonds is 7. The summed E-state index contributed by atoms with van der Waals surface area (Å²) in [5, 5.41) is 15.1. The molecule has 5 rings (SSSR count). The molecule has 1 saturated heterocycles. The van der Waals surface area contributed by atoms with E-state index in [9.17, 15) is 8.60 Å². The van der Waals surface area contributed by atoms with Crippen molar-refractivity contribution < 1.29 is 22.6 Å². The molecule has 0 amide bonds. The molecule has 0 spiro atoms. The molecule has 0 saturated carbocycles. The van der Waals surface area contributed by atoms with Gasteiger partial charge < -0.3 is 19.3 Å². The molecule has 1 aliphatic heterocycles. The number of ether oxygens (including phenoxy) is 2. The summed E-state index contributed by atoms with van der Waals surface area (Å²) in [6.07, 6.45) is 0. The van der Waals surface area contributed by atoms with Crippen LogP contribution in [-0.2, 0) is 14.5 Å². The predicted octanol–water partition coefficient (Wildman–Crippen LogP) is 3.75. The molecule has 3 heterocycles. The van der Waals surface area contributed by atoms with Gasteiger partial charge in [0.2, 0.25) is 0 Å². The van der Waals surface area contributed by atoms with Gasteiger partial charge in [0.1, 0.15) is 18.0 Å². The Hall–Kier alpha value is -3.28. The van der Waals surface area contributed by atoms with Crippen molar-refractivity contribution in [3.05, 3.63) is 48.3 Å². The number of methoxy groups -OCH3 is 1. The lowest BCUT2D eigenvalue weighted by atomic mass is 10.1. The van der Waals surface area contributed by atoms with Gasteiger partial charge in [0, 0.05) is 54.8 Å². The van der Waals surface area contributed by atoms with Gasteiger partial charge >= 0.3 is 0 Å². The highest BCUT2D eigenvalue weighted by atomic mass is 32.2. The van der Waals surface area contributed by atoms with Crippen LogP contribution in [-0.4, -0.2) is 64.5 Å². The van der Waals surface area contributed by atoms with Gasteiger partial charge in [-0.25, -0.2) is 8.60 Å². The highest BCUT2D eigenvalue weighted by Crippen LogP contribution is 2.33. The third-order valence-electron chi connectivity index (χ3n) is 5.53. The second-order valence-electron chi connectivity index (χ2n) is 7.89. The number of hydrogen-bond donors (Lipinski definition) is 2. The Morgan fingerprint density at radius 1 is 1.15 bits per heavy atom. The molecule has 1 aliphatic rings. The van der Waals surface area contributed by atoms with E-state index in [1.807, 2.05) is 24.3 Å². The number of nitrogens with zero attached hydrogens (tertiary/aromatic N) is 3. The Balaban J connectivity index is 1.38. The number of aromatic nitrogens is 3. The Morgan fingerprint density at radius 2 is 1.94 bits per heavy atom. The van der Waals surface area contributed by atoms with Crippen LogP contribution in [0.5, 0.6) is 5.75 Å². The van der Waals surface area contributed by atoms with E-state index in [0.717, 1.165) is 18.7 Å². The van der Waals surface area contributed by atoms with Crippen LogP contribution in [0.1, 0.15) is 0 Å². The van der Waals surface area contributed by atoms with Gasteiger partial charge in [-0.2, -0.15) is 9.46 Å². The van der Waals surface area contributed by atoms with E-state index < -0.39 is 15.5 Å². The minimum Gasteiger partial charge on any atom is -0.488 e. The number of nitrogens with one attached hydrogen (secondary N) is 2. The Morgan fingerprint density at radius 3 is 2.71 bits per heavy atom. The largest absolute Gasteiger partial charge is 0.488 e. The fourth-order valence-corrected chi connectivity index (χ4v) is 5.56. The summed E-state index contributed by atoms with van der Waals surface area (Å²) in [4.78, 5) is 0. The first kappa shape index (κ1) is 22.5. The molecule has 1 fully saturated rings. The van der Waals surface area contributed by atoms with Gasteiger partial charge in [-0.15, -0.1) is 0 Å². The van der Waals surface area contributed by atoms with E-state index in [4.69, 9.17) is 14.0 Å². The van der Waals surface area contributed by atoms with Gasteiger partial charge in [0.25, 0.3) is 0 Å². The van der Waals surface area contributed by atoms with Crippen molar-refractivity contribution in [1.29, 1.82) is 0 Å². The number of fused-ring (bicyclic) bond motifs is 1. The van der Waals surface area contributed by atoms with Crippen molar-refractivity contribution in [1.82, 2.24) is 20.7 Å². The maximum Gasteiger partial charge on any atom is 0.188 e. The van der Waals surface area contributed by atoms with Gasteiger partial charge in [-0.05, 0) is 18.2 Å². The topological polar surface area (TPSA) is 115 Å². The zero-order valence-corrected chi connectivity index (χ0v) is 19.4. The van der Waals surface area contributed by atoms with E-state index in [1.165, 1.54) is 6.07 Å². The fourth-order valence-electron chi connectivity index (χ4n) is 3.74. The molecule has 178 valence electrons. The number of hydrogen-bond acceptors (Lipinski definition) is 8. The number of benzene rings is 2. The van der Waals surface area contributed by atoms with Gasteiger partial charge in [0.05, 0.1) is 27.5 Å². The van der Waals surface area contributed by atoms with Crippen LogP contribution in [0.4, 0.5) is 10.1 Å². The maximum absolute atomic E-state index is 14.5. The molecule has 11 heteroatoms. The van der Waals surface area contributed by atoms with Crippen LogP contribution in [0.2, 0.25) is 0 Å². The quantitative estimate of drug-likeness (QED) is 0.383. The molecule has 34 heavy (non-hydrogen) atoms. The normalized spacial score (nSPS) is 15.5. The lowest BCUT2D eigenvalue weighted by molar-refractivity contribution is 0.144. The monoisotopic (exact) mass is 485 g/mol. The Labute approximate surface area is 195 Å². The molecule has 0 atom stereocenters. The fraction of sp³-hybridized carbons (Fsp3) is 0.304. The predicted molar refractivity (Wildman–Crippen MR) is 127 cm³/mol. The molecule has 0 bridgehead atoms. The average molecular weight is 486 g/mol. The van der Waals surface area contributed by atoms with Crippen molar-refractivity contribution in [2.45, 2.75) is 0 Å². The van der Waals surface area contributed by atoms with Gasteiger partial charge in [-0.3, -0.25) is 5.10 Å². The number of H-pyrrole nitrogens is 1. The summed E-state index contributed by atoms with van der Waals surface area (Å²) in [5.74, 6) is 1.13. The summed E-state index contributed by atoms with van der Waals surface area (Å²) in [5.41, 5.74) is 3.15. The Kier molecular flexibility index (Phi) is 6.31. The molecule has 9 nitrogen and oxygen atoms in total. The molecular formula is C23H24FN5O4S. The standard InChI is InChI=1S/C23H24FN5O4S/c1-31-8-9-32-21-14-20-17(12-18(21)24)23(27-26-20)22-13-19(28-33-22)15-2-4-16(5-3-15)29-34(30)10-6-25-7-11-34/h2-5,12-14,25H,6-11H2,1H3,(H,26,27). The third-order valence-corrected chi connectivity index (χ3v) is 7.76. The third kappa shape index (κ3) is 4.67. The van der Waals surface area contributed by atoms with E-state index >= 15 is 0 Å². The van der Waals surface area contributed by atoms with E-state index in [-0.39, 0.29) is 12.4 Å². The second-order valence-corrected chi connectivity index (χ2v) is 10.4. The first-order valence-electron chi connectivity index (χ1n) is 10.8. The van der Waals surface area contributed by atoms with Crippen molar-refractivity contribution in [3.8, 4) is 28.5 Å². The lowest BCUT2D eigenvalue weighted by Gasteiger charge is -2.16. The summed E-state index contributed by atoms with van der Waals surface area (Å²) in [6.45, 7) is 2.04. The van der Waals surface area contributed by atoms with E-state index in [2.05, 4.69) is 25.0 Å². The van der Waals surface area contributed by atoms with Crippen LogP contribution in [0.25, 0.3) is 33.6 Å². The summed E-state index contributed by atoms with van der Waals surface area (Å²) >= 11 is 0. The van der Waals surface area contributed by atoms with Crippen molar-refractivity contribution in [2.75, 3.05) is 44.9 Å². The van der Waals surface area contributed by atoms with Crippen LogP contribution in [0.15, 0.2) is 51.4 Å². The average Bonchev–Trinajstić information content (AvgIpc) is 3.47. The SMILES string of the molecule is COCCOc1cc2[nH]nc(-c3cc(-c4ccc(N=S5(=O)CCNCC5)cc4)no3)c2cc1F. The first-order valence-corrected chi connectivity index (χ1v) is 12.7. The summed E-state index contributed by atoms with van der Waals surface area (Å²) in [6, 6.07) is 12.0. The van der Waals surface area contributed by atoms with E-state index in [1.54, 1.807) is 19.2 Å². The molecule has 0 aliphatic carbocycles. The van der Waals surface area contributed by atoms with E-state index in [0.29, 0.717) is 51.9 Å². The minimum atomic E-state index is -2.21. The second kappa shape index (κ2) is 9.53. The molecule has 2 aromatic carbocycles.